The molecule has 19 heavy (non-hydrogen) atoms. The smallest absolute Gasteiger partial charge is 0.122 e. The van der Waals surface area contributed by atoms with Gasteiger partial charge in [0.2, 0.25) is 0 Å². The van der Waals surface area contributed by atoms with Crippen LogP contribution in [0, 0.1) is 11.8 Å². The number of hydrogen-bond acceptors (Lipinski definition) is 3. The minimum atomic E-state index is 0.177. The molecule has 2 atom stereocenters. The second-order valence-corrected chi connectivity index (χ2v) is 5.99. The molecule has 0 amide bonds. The minimum Gasteiger partial charge on any atom is -0.508 e. The monoisotopic (exact) mass is 262 g/mol. The van der Waals surface area contributed by atoms with Crippen molar-refractivity contribution in [2.75, 3.05) is 25.0 Å². The fourth-order valence-electron chi connectivity index (χ4n) is 2.82. The highest BCUT2D eigenvalue weighted by molar-refractivity contribution is 5.54. The summed E-state index contributed by atoms with van der Waals surface area (Å²) in [6.07, 6.45) is 1.26. The van der Waals surface area contributed by atoms with E-state index in [-0.39, 0.29) is 6.04 Å². The molecule has 1 aliphatic rings. The number of nitrogens with one attached hydrogen (secondary N) is 1. The van der Waals surface area contributed by atoms with Crippen LogP contribution in [0.15, 0.2) is 18.2 Å². The van der Waals surface area contributed by atoms with Gasteiger partial charge in [0.05, 0.1) is 0 Å². The van der Waals surface area contributed by atoms with E-state index >= 15 is 0 Å². The second-order valence-electron chi connectivity index (χ2n) is 5.99. The van der Waals surface area contributed by atoms with Crippen molar-refractivity contribution in [2.45, 2.75) is 33.2 Å². The molecule has 1 saturated heterocycles. The summed E-state index contributed by atoms with van der Waals surface area (Å²) >= 11 is 0. The van der Waals surface area contributed by atoms with Gasteiger partial charge < -0.3 is 15.3 Å². The van der Waals surface area contributed by atoms with Gasteiger partial charge >= 0.3 is 0 Å². The molecule has 2 N–H and O–H groups in total. The first-order valence-electron chi connectivity index (χ1n) is 7.28. The SMILES string of the molecule is CNC(C)c1ccc(N2CCC(C(C)C)C2)cc1O. The Morgan fingerprint density at radius 3 is 2.58 bits per heavy atom. The van der Waals surface area contributed by atoms with Crippen LogP contribution in [0.2, 0.25) is 0 Å². The number of benzene rings is 1. The topological polar surface area (TPSA) is 35.5 Å². The van der Waals surface area contributed by atoms with Gasteiger partial charge in [0.15, 0.2) is 0 Å². The van der Waals surface area contributed by atoms with Crippen LogP contribution in [0.25, 0.3) is 0 Å². The van der Waals surface area contributed by atoms with E-state index in [4.69, 9.17) is 0 Å². The molecule has 2 unspecified atom stereocenters. The van der Waals surface area contributed by atoms with E-state index in [1.165, 1.54) is 6.42 Å². The molecular weight excluding hydrogens is 236 g/mol. The zero-order valence-corrected chi connectivity index (χ0v) is 12.5. The first-order valence-corrected chi connectivity index (χ1v) is 7.28. The van der Waals surface area contributed by atoms with Crippen molar-refractivity contribution in [2.24, 2.45) is 11.8 Å². The minimum absolute atomic E-state index is 0.177. The van der Waals surface area contributed by atoms with Crippen molar-refractivity contribution in [3.05, 3.63) is 23.8 Å². The number of anilines is 1. The van der Waals surface area contributed by atoms with Crippen molar-refractivity contribution in [1.29, 1.82) is 0 Å². The lowest BCUT2D eigenvalue weighted by molar-refractivity contribution is 0.422. The number of rotatable bonds is 4. The molecule has 1 aliphatic heterocycles. The van der Waals surface area contributed by atoms with Crippen LogP contribution in [0.3, 0.4) is 0 Å². The van der Waals surface area contributed by atoms with Gasteiger partial charge in [-0.25, -0.2) is 0 Å². The van der Waals surface area contributed by atoms with E-state index in [0.717, 1.165) is 36.2 Å². The molecular formula is C16H26N2O. The summed E-state index contributed by atoms with van der Waals surface area (Å²) in [6, 6.07) is 6.25. The summed E-state index contributed by atoms with van der Waals surface area (Å²) in [6.45, 7) is 8.85. The molecule has 106 valence electrons. The van der Waals surface area contributed by atoms with E-state index in [2.05, 4.69) is 37.1 Å². The predicted molar refractivity (Wildman–Crippen MR) is 80.7 cm³/mol. The summed E-state index contributed by atoms with van der Waals surface area (Å²) in [5.41, 5.74) is 2.11. The third-order valence-electron chi connectivity index (χ3n) is 4.45. The number of phenolic OH excluding ortho intramolecular Hbond substituents is 1. The van der Waals surface area contributed by atoms with E-state index in [0.29, 0.717) is 5.75 Å². The molecule has 1 aromatic rings. The summed E-state index contributed by atoms with van der Waals surface area (Å²) in [4.78, 5) is 2.39. The third-order valence-corrected chi connectivity index (χ3v) is 4.45. The largest absolute Gasteiger partial charge is 0.508 e. The molecule has 0 aliphatic carbocycles. The van der Waals surface area contributed by atoms with Crippen LogP contribution in [0.1, 0.15) is 38.8 Å². The Bertz CT molecular complexity index is 431. The molecule has 0 aromatic heterocycles. The summed E-state index contributed by atoms with van der Waals surface area (Å²) < 4.78 is 0. The van der Waals surface area contributed by atoms with Gasteiger partial charge in [-0.1, -0.05) is 19.9 Å². The van der Waals surface area contributed by atoms with E-state index in [1.807, 2.05) is 19.2 Å². The average Bonchev–Trinajstić information content (AvgIpc) is 2.87. The Hall–Kier alpha value is -1.22. The molecule has 1 fully saturated rings. The molecule has 1 aromatic carbocycles. The van der Waals surface area contributed by atoms with Crippen LogP contribution in [-0.4, -0.2) is 25.2 Å². The van der Waals surface area contributed by atoms with Gasteiger partial charge in [-0.15, -0.1) is 0 Å². The Kier molecular flexibility index (Phi) is 4.35. The van der Waals surface area contributed by atoms with Crippen molar-refractivity contribution < 1.29 is 5.11 Å². The number of hydrogen-bond donors (Lipinski definition) is 2. The van der Waals surface area contributed by atoms with Gasteiger partial charge in [-0.05, 0) is 38.3 Å². The Morgan fingerprint density at radius 1 is 1.32 bits per heavy atom. The van der Waals surface area contributed by atoms with Gasteiger partial charge in [-0.2, -0.15) is 0 Å². The molecule has 2 rings (SSSR count). The standard InChI is InChI=1S/C16H26N2O/c1-11(2)13-7-8-18(10-13)14-5-6-15(12(3)17-4)16(19)9-14/h5-6,9,11-13,17,19H,7-8,10H2,1-4H3. The van der Waals surface area contributed by atoms with Gasteiger partial charge in [0.1, 0.15) is 5.75 Å². The zero-order chi connectivity index (χ0) is 14.0. The molecule has 1 heterocycles. The maximum atomic E-state index is 10.2. The third kappa shape index (κ3) is 3.03. The second kappa shape index (κ2) is 5.83. The quantitative estimate of drug-likeness (QED) is 0.875. The van der Waals surface area contributed by atoms with E-state index in [1.54, 1.807) is 0 Å². The predicted octanol–water partition coefficient (Wildman–Crippen LogP) is 3.15. The van der Waals surface area contributed by atoms with E-state index < -0.39 is 0 Å². The highest BCUT2D eigenvalue weighted by Crippen LogP contribution is 2.33. The highest BCUT2D eigenvalue weighted by Gasteiger charge is 2.25. The normalized spacial score (nSPS) is 21.1. The van der Waals surface area contributed by atoms with Gasteiger partial charge in [0, 0.05) is 36.4 Å². The lowest BCUT2D eigenvalue weighted by Gasteiger charge is -2.22. The summed E-state index contributed by atoms with van der Waals surface area (Å²) in [5, 5.41) is 13.3. The van der Waals surface area contributed by atoms with Crippen LogP contribution < -0.4 is 10.2 Å². The lowest BCUT2D eigenvalue weighted by Crippen LogP contribution is -2.21. The van der Waals surface area contributed by atoms with Crippen molar-refractivity contribution in [1.82, 2.24) is 5.32 Å². The van der Waals surface area contributed by atoms with Gasteiger partial charge in [0.25, 0.3) is 0 Å². The number of phenols is 1. The van der Waals surface area contributed by atoms with Crippen LogP contribution in [0.5, 0.6) is 5.75 Å². The average molecular weight is 262 g/mol. The number of aromatic hydroxyl groups is 1. The summed E-state index contributed by atoms with van der Waals surface area (Å²) in [7, 11) is 1.91. The maximum absolute atomic E-state index is 10.2. The first kappa shape index (κ1) is 14.2. The lowest BCUT2D eigenvalue weighted by atomic mass is 9.95. The zero-order valence-electron chi connectivity index (χ0n) is 12.5. The highest BCUT2D eigenvalue weighted by atomic mass is 16.3. The molecule has 3 heteroatoms. The molecule has 0 radical (unpaired) electrons. The van der Waals surface area contributed by atoms with Crippen molar-refractivity contribution >= 4 is 5.69 Å². The van der Waals surface area contributed by atoms with Crippen LogP contribution in [-0.2, 0) is 0 Å². The van der Waals surface area contributed by atoms with Crippen LogP contribution in [0.4, 0.5) is 5.69 Å². The van der Waals surface area contributed by atoms with Crippen molar-refractivity contribution in [3.8, 4) is 5.75 Å². The Morgan fingerprint density at radius 2 is 2.05 bits per heavy atom. The first-order chi connectivity index (χ1) is 9.02. The molecule has 0 saturated carbocycles. The summed E-state index contributed by atoms with van der Waals surface area (Å²) in [5.74, 6) is 1.91. The molecule has 3 nitrogen and oxygen atoms in total. The van der Waals surface area contributed by atoms with E-state index in [9.17, 15) is 5.11 Å². The van der Waals surface area contributed by atoms with Crippen molar-refractivity contribution in [3.63, 3.8) is 0 Å². The van der Waals surface area contributed by atoms with Gasteiger partial charge in [-0.3, -0.25) is 0 Å². The van der Waals surface area contributed by atoms with Crippen LogP contribution >= 0.6 is 0 Å². The fourth-order valence-corrected chi connectivity index (χ4v) is 2.82. The fraction of sp³-hybridized carbons (Fsp3) is 0.625. The molecule has 0 spiro atoms. The Labute approximate surface area is 116 Å². The Balaban J connectivity index is 2.13. The molecule has 0 bridgehead atoms. The number of nitrogens with zero attached hydrogens (tertiary/aromatic N) is 1. The maximum Gasteiger partial charge on any atom is 0.122 e.